The minimum atomic E-state index is -0.956. The van der Waals surface area contributed by atoms with Crippen molar-refractivity contribution in [2.24, 2.45) is 0 Å². The zero-order chi connectivity index (χ0) is 11.9. The number of carboxylic acids is 1. The lowest BCUT2D eigenvalue weighted by Crippen LogP contribution is -2.45. The summed E-state index contributed by atoms with van der Waals surface area (Å²) in [6.45, 7) is 4.64. The van der Waals surface area contributed by atoms with Gasteiger partial charge in [-0.1, -0.05) is 6.07 Å². The first-order chi connectivity index (χ1) is 7.41. The summed E-state index contributed by atoms with van der Waals surface area (Å²) in [5, 5.41) is 9.10. The second-order valence-corrected chi connectivity index (χ2v) is 4.68. The molecule has 1 N–H and O–H groups in total. The van der Waals surface area contributed by atoms with Crippen LogP contribution in [0.3, 0.4) is 0 Å². The van der Waals surface area contributed by atoms with E-state index in [0.717, 1.165) is 12.2 Å². The monoisotopic (exact) mass is 221 g/mol. The van der Waals surface area contributed by atoms with Crippen LogP contribution in [0.15, 0.2) is 18.2 Å². The number of rotatable bonds is 1. The number of aromatic carboxylic acids is 1. The summed E-state index contributed by atoms with van der Waals surface area (Å²) in [7, 11) is 1.94. The van der Waals surface area contributed by atoms with E-state index in [1.165, 1.54) is 0 Å². The lowest BCUT2D eigenvalue weighted by atomic mass is 10.0. The summed E-state index contributed by atoms with van der Waals surface area (Å²) in [4.78, 5) is 13.1. The molecule has 2 rings (SSSR count). The number of fused-ring (bicyclic) bond motifs is 1. The van der Waals surface area contributed by atoms with Gasteiger partial charge in [-0.05, 0) is 26.0 Å². The van der Waals surface area contributed by atoms with Crippen LogP contribution in [0.1, 0.15) is 24.2 Å². The lowest BCUT2D eigenvalue weighted by molar-refractivity contribution is 0.0671. The van der Waals surface area contributed by atoms with E-state index in [1.807, 2.05) is 31.9 Å². The Morgan fingerprint density at radius 3 is 2.81 bits per heavy atom. The van der Waals surface area contributed by atoms with Crippen LogP contribution in [0.4, 0.5) is 5.69 Å². The van der Waals surface area contributed by atoms with Crippen molar-refractivity contribution >= 4 is 11.7 Å². The van der Waals surface area contributed by atoms with Gasteiger partial charge in [-0.25, -0.2) is 4.79 Å². The fraction of sp³-hybridized carbons (Fsp3) is 0.417. The van der Waals surface area contributed by atoms with Gasteiger partial charge in [-0.3, -0.25) is 0 Å². The molecule has 0 radical (unpaired) electrons. The Hall–Kier alpha value is -1.71. The predicted octanol–water partition coefficient (Wildman–Crippen LogP) is 1.99. The highest BCUT2D eigenvalue weighted by atomic mass is 16.5. The van der Waals surface area contributed by atoms with Gasteiger partial charge in [0.15, 0.2) is 5.75 Å². The molecule has 0 aliphatic carbocycles. The maximum Gasteiger partial charge on any atom is 0.339 e. The Bertz CT molecular complexity index is 440. The van der Waals surface area contributed by atoms with Crippen molar-refractivity contribution in [2.75, 3.05) is 18.5 Å². The molecule has 4 heteroatoms. The Morgan fingerprint density at radius 2 is 2.19 bits per heavy atom. The smallest absolute Gasteiger partial charge is 0.339 e. The highest BCUT2D eigenvalue weighted by Crippen LogP contribution is 2.38. The fourth-order valence-corrected chi connectivity index (χ4v) is 2.07. The van der Waals surface area contributed by atoms with E-state index in [1.54, 1.807) is 12.1 Å². The van der Waals surface area contributed by atoms with Gasteiger partial charge in [0.2, 0.25) is 0 Å². The van der Waals surface area contributed by atoms with Gasteiger partial charge in [0.1, 0.15) is 11.2 Å². The normalized spacial score (nSPS) is 17.6. The molecule has 0 bridgehead atoms. The van der Waals surface area contributed by atoms with Crippen LogP contribution in [-0.2, 0) is 0 Å². The van der Waals surface area contributed by atoms with Gasteiger partial charge in [-0.15, -0.1) is 0 Å². The molecule has 0 atom stereocenters. The van der Waals surface area contributed by atoms with Crippen LogP contribution >= 0.6 is 0 Å². The highest BCUT2D eigenvalue weighted by molar-refractivity contribution is 5.93. The molecule has 0 aromatic heterocycles. The molecule has 0 fully saturated rings. The number of benzene rings is 1. The average Bonchev–Trinajstić information content (AvgIpc) is 2.14. The van der Waals surface area contributed by atoms with E-state index in [4.69, 9.17) is 9.84 Å². The molecule has 0 spiro atoms. The van der Waals surface area contributed by atoms with E-state index in [2.05, 4.69) is 0 Å². The second kappa shape index (κ2) is 3.40. The molecular formula is C12H15NO3. The van der Waals surface area contributed by atoms with E-state index in [9.17, 15) is 4.79 Å². The summed E-state index contributed by atoms with van der Waals surface area (Å²) >= 11 is 0. The summed E-state index contributed by atoms with van der Waals surface area (Å²) < 4.78 is 5.76. The van der Waals surface area contributed by atoms with Crippen molar-refractivity contribution in [2.45, 2.75) is 19.4 Å². The van der Waals surface area contributed by atoms with Crippen molar-refractivity contribution in [1.29, 1.82) is 0 Å². The molecule has 1 aromatic carbocycles. The molecule has 1 aliphatic heterocycles. The minimum Gasteiger partial charge on any atom is -0.483 e. The Kier molecular flexibility index (Phi) is 2.30. The molecular weight excluding hydrogens is 206 g/mol. The minimum absolute atomic E-state index is 0.220. The number of hydrogen-bond donors (Lipinski definition) is 1. The summed E-state index contributed by atoms with van der Waals surface area (Å²) in [6, 6.07) is 5.17. The Labute approximate surface area is 94.4 Å². The van der Waals surface area contributed by atoms with Crippen molar-refractivity contribution in [1.82, 2.24) is 0 Å². The molecule has 0 saturated heterocycles. The maximum atomic E-state index is 11.1. The third-order valence-corrected chi connectivity index (χ3v) is 2.63. The molecule has 0 saturated carbocycles. The van der Waals surface area contributed by atoms with Crippen molar-refractivity contribution in [3.05, 3.63) is 23.8 Å². The molecule has 1 aromatic rings. The standard InChI is InChI=1S/C12H15NO3/c1-12(2)7-13(3)9-6-4-5-8(11(14)15)10(9)16-12/h4-6H,7H2,1-3H3,(H,14,15). The van der Waals surface area contributed by atoms with Crippen LogP contribution in [0.5, 0.6) is 5.75 Å². The first kappa shape index (κ1) is 10.8. The molecule has 86 valence electrons. The summed E-state index contributed by atoms with van der Waals surface area (Å²) in [5.41, 5.74) is 0.684. The molecule has 4 nitrogen and oxygen atoms in total. The van der Waals surface area contributed by atoms with Crippen molar-refractivity contribution in [3.8, 4) is 5.75 Å². The van der Waals surface area contributed by atoms with E-state index < -0.39 is 5.97 Å². The summed E-state index contributed by atoms with van der Waals surface area (Å²) in [5.74, 6) is -0.489. The van der Waals surface area contributed by atoms with Gasteiger partial charge in [-0.2, -0.15) is 0 Å². The van der Waals surface area contributed by atoms with Gasteiger partial charge in [0.25, 0.3) is 0 Å². The number of ether oxygens (including phenoxy) is 1. The van der Waals surface area contributed by atoms with Crippen LogP contribution in [-0.4, -0.2) is 30.3 Å². The number of nitrogens with zero attached hydrogens (tertiary/aromatic N) is 1. The predicted molar refractivity (Wildman–Crippen MR) is 61.4 cm³/mol. The number of likely N-dealkylation sites (N-methyl/N-ethyl adjacent to an activating group) is 1. The quantitative estimate of drug-likeness (QED) is 0.788. The largest absolute Gasteiger partial charge is 0.483 e. The number of carbonyl (C=O) groups is 1. The van der Waals surface area contributed by atoms with Crippen LogP contribution in [0, 0.1) is 0 Å². The third-order valence-electron chi connectivity index (χ3n) is 2.63. The topological polar surface area (TPSA) is 49.8 Å². The van der Waals surface area contributed by atoms with Gasteiger partial charge in [0.05, 0.1) is 12.2 Å². The van der Waals surface area contributed by atoms with Crippen molar-refractivity contribution in [3.63, 3.8) is 0 Å². The zero-order valence-electron chi connectivity index (χ0n) is 9.65. The summed E-state index contributed by atoms with van der Waals surface area (Å²) in [6.07, 6.45) is 0. The number of hydrogen-bond acceptors (Lipinski definition) is 3. The number of carboxylic acid groups (broad SMARTS) is 1. The Morgan fingerprint density at radius 1 is 1.50 bits per heavy atom. The van der Waals surface area contributed by atoms with E-state index >= 15 is 0 Å². The highest BCUT2D eigenvalue weighted by Gasteiger charge is 2.32. The fourth-order valence-electron chi connectivity index (χ4n) is 2.07. The van der Waals surface area contributed by atoms with Crippen molar-refractivity contribution < 1.29 is 14.6 Å². The molecule has 16 heavy (non-hydrogen) atoms. The van der Waals surface area contributed by atoms with Crippen LogP contribution in [0.25, 0.3) is 0 Å². The molecule has 0 unspecified atom stereocenters. The SMILES string of the molecule is CN1CC(C)(C)Oc2c(C(=O)O)cccc21. The van der Waals surface area contributed by atoms with Crippen LogP contribution < -0.4 is 9.64 Å². The molecule has 1 heterocycles. The third kappa shape index (κ3) is 1.71. The number of anilines is 1. The lowest BCUT2D eigenvalue weighted by Gasteiger charge is -2.39. The Balaban J connectivity index is 2.57. The van der Waals surface area contributed by atoms with Gasteiger partial charge < -0.3 is 14.7 Å². The average molecular weight is 221 g/mol. The first-order valence-electron chi connectivity index (χ1n) is 5.17. The zero-order valence-corrected chi connectivity index (χ0v) is 9.65. The van der Waals surface area contributed by atoms with Gasteiger partial charge in [0, 0.05) is 7.05 Å². The molecule has 1 aliphatic rings. The molecule has 0 amide bonds. The number of para-hydroxylation sites is 1. The van der Waals surface area contributed by atoms with E-state index in [0.29, 0.717) is 5.75 Å². The second-order valence-electron chi connectivity index (χ2n) is 4.68. The van der Waals surface area contributed by atoms with Crippen LogP contribution in [0.2, 0.25) is 0 Å². The van der Waals surface area contributed by atoms with Gasteiger partial charge >= 0.3 is 5.97 Å². The first-order valence-corrected chi connectivity index (χ1v) is 5.17. The van der Waals surface area contributed by atoms with E-state index in [-0.39, 0.29) is 11.2 Å². The maximum absolute atomic E-state index is 11.1.